The predicted octanol–water partition coefficient (Wildman–Crippen LogP) is 5.82. The fourth-order valence-corrected chi connectivity index (χ4v) is 3.85. The molecule has 4 heteroatoms. The highest BCUT2D eigenvalue weighted by Gasteiger charge is 2.12. The number of benzene rings is 3. The van der Waals surface area contributed by atoms with E-state index in [0.29, 0.717) is 13.2 Å². The van der Waals surface area contributed by atoms with Gasteiger partial charge in [0, 0.05) is 25.2 Å². The molecule has 0 radical (unpaired) electrons. The van der Waals surface area contributed by atoms with Crippen LogP contribution in [0.15, 0.2) is 85.1 Å². The Labute approximate surface area is 184 Å². The monoisotopic (exact) mass is 411 g/mol. The molecular weight excluding hydrogens is 382 g/mol. The molecule has 0 spiro atoms. The fraction of sp³-hybridized carbons (Fsp3) is 0.222. The molecule has 0 fully saturated rings. The van der Waals surface area contributed by atoms with Crippen LogP contribution in [0.4, 0.5) is 11.4 Å². The molecule has 2 N–H and O–H groups in total. The predicted molar refractivity (Wildman–Crippen MR) is 130 cm³/mol. The summed E-state index contributed by atoms with van der Waals surface area (Å²) in [6.07, 6.45) is 2.75. The Kier molecular flexibility index (Phi) is 6.80. The number of methoxy groups -OCH3 is 1. The lowest BCUT2D eigenvalue weighted by Gasteiger charge is -2.22. The van der Waals surface area contributed by atoms with Gasteiger partial charge in [-0.3, -0.25) is 4.98 Å². The molecule has 0 saturated carbocycles. The third-order valence-electron chi connectivity index (χ3n) is 5.44. The quantitative estimate of drug-likeness (QED) is 0.364. The van der Waals surface area contributed by atoms with Crippen molar-refractivity contribution in [1.29, 1.82) is 0 Å². The molecule has 1 heterocycles. The van der Waals surface area contributed by atoms with Crippen LogP contribution in [0, 0.1) is 6.92 Å². The maximum absolute atomic E-state index is 5.50. The lowest BCUT2D eigenvalue weighted by molar-refractivity contribution is 0.185. The van der Waals surface area contributed by atoms with Crippen LogP contribution in [0.3, 0.4) is 0 Å². The number of aryl methyl sites for hydroxylation is 1. The second kappa shape index (κ2) is 10.1. The van der Waals surface area contributed by atoms with Crippen LogP contribution in [0.2, 0.25) is 0 Å². The molecule has 0 saturated heterocycles. The Morgan fingerprint density at radius 2 is 1.65 bits per heavy atom. The van der Waals surface area contributed by atoms with Crippen molar-refractivity contribution in [1.82, 2.24) is 4.98 Å². The van der Waals surface area contributed by atoms with Gasteiger partial charge in [0.25, 0.3) is 0 Å². The molecule has 0 bridgehead atoms. The van der Waals surface area contributed by atoms with Crippen molar-refractivity contribution in [3.8, 4) is 0 Å². The molecule has 31 heavy (non-hydrogen) atoms. The first-order valence-corrected chi connectivity index (χ1v) is 10.7. The van der Waals surface area contributed by atoms with Gasteiger partial charge in [-0.2, -0.15) is 0 Å². The summed E-state index contributed by atoms with van der Waals surface area (Å²) in [6, 6.07) is 27.6. The number of pyridine rings is 1. The number of nitrogens with zero attached hydrogens (tertiary/aromatic N) is 1. The van der Waals surface area contributed by atoms with E-state index in [2.05, 4.69) is 95.3 Å². The van der Waals surface area contributed by atoms with E-state index in [1.54, 1.807) is 7.11 Å². The van der Waals surface area contributed by atoms with Gasteiger partial charge in [-0.05, 0) is 42.7 Å². The number of anilines is 2. The van der Waals surface area contributed by atoms with Gasteiger partial charge in [0.2, 0.25) is 0 Å². The van der Waals surface area contributed by atoms with Crippen molar-refractivity contribution in [3.63, 3.8) is 0 Å². The molecule has 0 amide bonds. The molecule has 1 aromatic heterocycles. The minimum absolute atomic E-state index is 0.176. The molecule has 0 aliphatic rings. The molecule has 4 nitrogen and oxygen atoms in total. The third kappa shape index (κ3) is 5.41. The number of nitrogens with one attached hydrogen (secondary N) is 2. The summed E-state index contributed by atoms with van der Waals surface area (Å²) >= 11 is 0. The van der Waals surface area contributed by atoms with Gasteiger partial charge in [-0.15, -0.1) is 0 Å². The van der Waals surface area contributed by atoms with Crippen molar-refractivity contribution in [3.05, 3.63) is 102 Å². The topological polar surface area (TPSA) is 46.2 Å². The van der Waals surface area contributed by atoms with E-state index in [-0.39, 0.29) is 6.04 Å². The van der Waals surface area contributed by atoms with Gasteiger partial charge in [0.05, 0.1) is 29.5 Å². The Balaban J connectivity index is 1.49. The standard InChI is InChI=1S/C27H29N3O/c1-20-12-14-21(15-13-20)17-24(19-31-2)30-26-11-4-3-10-25(26)29-18-23-8-5-7-22-9-6-16-28-27(22)23/h3-16,24,29-30H,17-19H2,1-2H3/t24-/m0/s1. The maximum atomic E-state index is 5.50. The Morgan fingerprint density at radius 1 is 0.871 bits per heavy atom. The van der Waals surface area contributed by atoms with Gasteiger partial charge in [0.15, 0.2) is 0 Å². The van der Waals surface area contributed by atoms with Crippen molar-refractivity contribution >= 4 is 22.3 Å². The lowest BCUT2D eigenvalue weighted by atomic mass is 10.0. The molecule has 0 unspecified atom stereocenters. The van der Waals surface area contributed by atoms with Crippen LogP contribution in [0.1, 0.15) is 16.7 Å². The normalized spacial score (nSPS) is 11.9. The van der Waals surface area contributed by atoms with Crippen LogP contribution >= 0.6 is 0 Å². The number of para-hydroxylation sites is 3. The van der Waals surface area contributed by atoms with Gasteiger partial charge in [-0.1, -0.05) is 66.2 Å². The van der Waals surface area contributed by atoms with Crippen LogP contribution in [-0.2, 0) is 17.7 Å². The lowest BCUT2D eigenvalue weighted by Crippen LogP contribution is -2.28. The van der Waals surface area contributed by atoms with Gasteiger partial charge in [-0.25, -0.2) is 0 Å². The van der Waals surface area contributed by atoms with Gasteiger partial charge in [0.1, 0.15) is 0 Å². The zero-order valence-corrected chi connectivity index (χ0v) is 18.1. The number of hydrogen-bond donors (Lipinski definition) is 2. The van der Waals surface area contributed by atoms with Gasteiger partial charge < -0.3 is 15.4 Å². The van der Waals surface area contributed by atoms with E-state index in [9.17, 15) is 0 Å². The average molecular weight is 412 g/mol. The summed E-state index contributed by atoms with van der Waals surface area (Å²) < 4.78 is 5.50. The van der Waals surface area contributed by atoms with Crippen LogP contribution in [-0.4, -0.2) is 24.7 Å². The summed E-state index contributed by atoms with van der Waals surface area (Å²) in [7, 11) is 1.75. The van der Waals surface area contributed by atoms with Crippen molar-refractivity contribution in [2.45, 2.75) is 25.9 Å². The van der Waals surface area contributed by atoms with E-state index in [1.807, 2.05) is 12.3 Å². The number of aromatic nitrogens is 1. The summed E-state index contributed by atoms with van der Waals surface area (Å²) in [6.45, 7) is 3.46. The van der Waals surface area contributed by atoms with E-state index in [4.69, 9.17) is 4.74 Å². The summed E-state index contributed by atoms with van der Waals surface area (Å²) in [4.78, 5) is 4.57. The number of rotatable bonds is 9. The SMILES string of the molecule is COC[C@H](Cc1ccc(C)cc1)Nc1ccccc1NCc1cccc2cccnc12. The minimum Gasteiger partial charge on any atom is -0.383 e. The van der Waals surface area contributed by atoms with E-state index < -0.39 is 0 Å². The Morgan fingerprint density at radius 3 is 2.45 bits per heavy atom. The highest BCUT2D eigenvalue weighted by Crippen LogP contribution is 2.25. The summed E-state index contributed by atoms with van der Waals surface area (Å²) in [5.41, 5.74) is 6.94. The van der Waals surface area contributed by atoms with E-state index >= 15 is 0 Å². The molecule has 3 aromatic carbocycles. The smallest absolute Gasteiger partial charge is 0.0751 e. The zero-order chi connectivity index (χ0) is 21.5. The second-order valence-electron chi connectivity index (χ2n) is 7.88. The van der Waals surface area contributed by atoms with Crippen LogP contribution in [0.5, 0.6) is 0 Å². The van der Waals surface area contributed by atoms with Crippen molar-refractivity contribution in [2.75, 3.05) is 24.4 Å². The van der Waals surface area contributed by atoms with Crippen LogP contribution < -0.4 is 10.6 Å². The maximum Gasteiger partial charge on any atom is 0.0751 e. The molecular formula is C27H29N3O. The van der Waals surface area contributed by atoms with Gasteiger partial charge >= 0.3 is 0 Å². The number of hydrogen-bond acceptors (Lipinski definition) is 4. The zero-order valence-electron chi connectivity index (χ0n) is 18.1. The molecule has 4 rings (SSSR count). The fourth-order valence-electron chi connectivity index (χ4n) is 3.85. The number of ether oxygens (including phenoxy) is 1. The highest BCUT2D eigenvalue weighted by atomic mass is 16.5. The molecule has 158 valence electrons. The molecule has 0 aliphatic carbocycles. The van der Waals surface area contributed by atoms with E-state index in [0.717, 1.165) is 28.7 Å². The largest absolute Gasteiger partial charge is 0.383 e. The third-order valence-corrected chi connectivity index (χ3v) is 5.44. The van der Waals surface area contributed by atoms with Crippen LogP contribution in [0.25, 0.3) is 10.9 Å². The minimum atomic E-state index is 0.176. The second-order valence-corrected chi connectivity index (χ2v) is 7.88. The van der Waals surface area contributed by atoms with Crippen molar-refractivity contribution < 1.29 is 4.74 Å². The average Bonchev–Trinajstić information content (AvgIpc) is 2.80. The first kappa shape index (κ1) is 20.9. The summed E-state index contributed by atoms with van der Waals surface area (Å²) in [5, 5.41) is 8.44. The van der Waals surface area contributed by atoms with E-state index in [1.165, 1.54) is 16.7 Å². The van der Waals surface area contributed by atoms with Crippen molar-refractivity contribution in [2.24, 2.45) is 0 Å². The number of fused-ring (bicyclic) bond motifs is 1. The highest BCUT2D eigenvalue weighted by molar-refractivity contribution is 5.82. The molecule has 0 aliphatic heterocycles. The molecule has 4 aromatic rings. The first-order valence-electron chi connectivity index (χ1n) is 10.7. The Hall–Kier alpha value is -3.37. The first-order chi connectivity index (χ1) is 15.2. The molecule has 1 atom stereocenters. The Bertz CT molecular complexity index is 1120. The summed E-state index contributed by atoms with van der Waals surface area (Å²) in [5.74, 6) is 0.